The van der Waals surface area contributed by atoms with E-state index >= 15 is 0 Å². The highest BCUT2D eigenvalue weighted by atomic mass is 32.1. The standard InChI is InChI=1S/C20H20N2O3S/c1-4-12(2)14-5-7-15(8-6-14)19-13(3)26-20(16(19)11-21)22-17(23)9-10-18(24)25/h5-10,12H,4H2,1-3H3,(H,22,23)(H,24,25)/b10-9+/t12-/m0/s1. The van der Waals surface area contributed by atoms with Crippen LogP contribution in [-0.2, 0) is 9.59 Å². The maximum atomic E-state index is 11.8. The van der Waals surface area contributed by atoms with E-state index in [0.717, 1.165) is 34.6 Å². The number of hydrogen-bond donors (Lipinski definition) is 2. The normalized spacial score (nSPS) is 11.9. The maximum absolute atomic E-state index is 11.8. The first-order valence-electron chi connectivity index (χ1n) is 8.23. The van der Waals surface area contributed by atoms with E-state index in [4.69, 9.17) is 5.11 Å². The van der Waals surface area contributed by atoms with Crippen LogP contribution in [0.15, 0.2) is 36.4 Å². The predicted octanol–water partition coefficient (Wildman–Crippen LogP) is 4.69. The molecule has 2 aromatic rings. The number of carboxylic acids is 1. The molecule has 0 radical (unpaired) electrons. The van der Waals surface area contributed by atoms with E-state index in [0.29, 0.717) is 16.5 Å². The molecule has 1 amide bonds. The predicted molar refractivity (Wildman–Crippen MR) is 103 cm³/mol. The van der Waals surface area contributed by atoms with Crippen molar-refractivity contribution in [1.82, 2.24) is 0 Å². The van der Waals surface area contributed by atoms with Crippen molar-refractivity contribution >= 4 is 28.2 Å². The number of aliphatic carboxylic acids is 1. The van der Waals surface area contributed by atoms with Crippen LogP contribution >= 0.6 is 11.3 Å². The number of nitrogens with one attached hydrogen (secondary N) is 1. The van der Waals surface area contributed by atoms with Gasteiger partial charge in [-0.15, -0.1) is 11.3 Å². The van der Waals surface area contributed by atoms with Gasteiger partial charge in [-0.05, 0) is 30.4 Å². The Morgan fingerprint density at radius 1 is 1.31 bits per heavy atom. The molecule has 0 aliphatic heterocycles. The van der Waals surface area contributed by atoms with Gasteiger partial charge in [0.25, 0.3) is 0 Å². The Bertz CT molecular complexity index is 889. The molecular weight excluding hydrogens is 348 g/mol. The van der Waals surface area contributed by atoms with Crippen LogP contribution in [0, 0.1) is 18.3 Å². The molecule has 26 heavy (non-hydrogen) atoms. The van der Waals surface area contributed by atoms with Gasteiger partial charge in [-0.25, -0.2) is 4.79 Å². The van der Waals surface area contributed by atoms with E-state index < -0.39 is 11.9 Å². The van der Waals surface area contributed by atoms with Crippen LogP contribution in [0.5, 0.6) is 0 Å². The molecule has 1 heterocycles. The highest BCUT2D eigenvalue weighted by Crippen LogP contribution is 2.39. The Kier molecular flexibility index (Phi) is 6.31. The highest BCUT2D eigenvalue weighted by molar-refractivity contribution is 7.17. The van der Waals surface area contributed by atoms with Gasteiger partial charge in [0.05, 0.1) is 5.56 Å². The van der Waals surface area contributed by atoms with Crippen LogP contribution < -0.4 is 5.32 Å². The smallest absolute Gasteiger partial charge is 0.328 e. The summed E-state index contributed by atoms with van der Waals surface area (Å²) >= 11 is 1.30. The number of amides is 1. The van der Waals surface area contributed by atoms with Gasteiger partial charge in [0, 0.05) is 22.6 Å². The fraction of sp³-hybridized carbons (Fsp3) is 0.250. The monoisotopic (exact) mass is 368 g/mol. The zero-order chi connectivity index (χ0) is 19.3. The molecule has 1 atom stereocenters. The Labute approximate surface area is 156 Å². The third-order valence-electron chi connectivity index (χ3n) is 4.19. The quantitative estimate of drug-likeness (QED) is 0.724. The third-order valence-corrected chi connectivity index (χ3v) is 5.21. The third kappa shape index (κ3) is 4.38. The van der Waals surface area contributed by atoms with Gasteiger partial charge in [0.15, 0.2) is 0 Å². The molecule has 2 N–H and O–H groups in total. The molecule has 0 fully saturated rings. The van der Waals surface area contributed by atoms with Crippen LogP contribution in [-0.4, -0.2) is 17.0 Å². The lowest BCUT2D eigenvalue weighted by Gasteiger charge is -2.10. The molecule has 1 aromatic heterocycles. The van der Waals surface area contributed by atoms with Gasteiger partial charge in [0.1, 0.15) is 11.1 Å². The highest BCUT2D eigenvalue weighted by Gasteiger charge is 2.18. The second kappa shape index (κ2) is 8.45. The Morgan fingerprint density at radius 3 is 2.50 bits per heavy atom. The van der Waals surface area contributed by atoms with Crippen molar-refractivity contribution in [2.75, 3.05) is 5.32 Å². The Balaban J connectivity index is 2.36. The van der Waals surface area contributed by atoms with Gasteiger partial charge < -0.3 is 10.4 Å². The number of aryl methyl sites for hydroxylation is 1. The number of hydrogen-bond acceptors (Lipinski definition) is 4. The Hall–Kier alpha value is -2.91. The first-order chi connectivity index (χ1) is 12.4. The molecule has 2 rings (SSSR count). The summed E-state index contributed by atoms with van der Waals surface area (Å²) in [4.78, 5) is 23.2. The topological polar surface area (TPSA) is 90.2 Å². The summed E-state index contributed by atoms with van der Waals surface area (Å²) in [5, 5.41) is 21.2. The van der Waals surface area contributed by atoms with Gasteiger partial charge in [-0.3, -0.25) is 4.79 Å². The van der Waals surface area contributed by atoms with Crippen molar-refractivity contribution in [3.8, 4) is 17.2 Å². The zero-order valence-corrected chi connectivity index (χ0v) is 15.7. The minimum absolute atomic E-state index is 0.390. The summed E-state index contributed by atoms with van der Waals surface area (Å²) in [6.07, 6.45) is 2.75. The van der Waals surface area contributed by atoms with Crippen molar-refractivity contribution in [2.24, 2.45) is 0 Å². The molecule has 1 aromatic carbocycles. The number of rotatable bonds is 6. The van der Waals surface area contributed by atoms with Crippen molar-refractivity contribution in [3.63, 3.8) is 0 Å². The van der Waals surface area contributed by atoms with E-state index in [-0.39, 0.29) is 0 Å². The average Bonchev–Trinajstić information content (AvgIpc) is 2.94. The number of benzene rings is 1. The molecule has 0 aliphatic carbocycles. The van der Waals surface area contributed by atoms with Crippen molar-refractivity contribution in [2.45, 2.75) is 33.1 Å². The summed E-state index contributed by atoms with van der Waals surface area (Å²) in [6, 6.07) is 10.3. The molecule has 0 spiro atoms. The van der Waals surface area contributed by atoms with Crippen LogP contribution in [0.2, 0.25) is 0 Å². The lowest BCUT2D eigenvalue weighted by Crippen LogP contribution is -2.08. The molecular formula is C20H20N2O3S. The van der Waals surface area contributed by atoms with Crippen LogP contribution in [0.1, 0.15) is 42.2 Å². The molecule has 0 aliphatic rings. The van der Waals surface area contributed by atoms with Gasteiger partial charge in [0.2, 0.25) is 5.91 Å². The zero-order valence-electron chi connectivity index (χ0n) is 14.9. The van der Waals surface area contributed by atoms with E-state index in [9.17, 15) is 14.9 Å². The van der Waals surface area contributed by atoms with E-state index in [1.807, 2.05) is 19.1 Å². The molecule has 0 bridgehead atoms. The molecule has 0 unspecified atom stereocenters. The average molecular weight is 368 g/mol. The summed E-state index contributed by atoms with van der Waals surface area (Å²) < 4.78 is 0. The number of carbonyl (C=O) groups is 2. The van der Waals surface area contributed by atoms with Crippen LogP contribution in [0.3, 0.4) is 0 Å². The SMILES string of the molecule is CC[C@H](C)c1ccc(-c2c(C)sc(NC(=O)/C=C/C(=O)O)c2C#N)cc1. The van der Waals surface area contributed by atoms with Crippen LogP contribution in [0.25, 0.3) is 11.1 Å². The summed E-state index contributed by atoms with van der Waals surface area (Å²) in [7, 11) is 0. The summed E-state index contributed by atoms with van der Waals surface area (Å²) in [5.74, 6) is -1.31. The minimum atomic E-state index is -1.20. The minimum Gasteiger partial charge on any atom is -0.478 e. The summed E-state index contributed by atoms with van der Waals surface area (Å²) in [5.41, 5.74) is 3.35. The van der Waals surface area contributed by atoms with Gasteiger partial charge in [-0.1, -0.05) is 38.1 Å². The second-order valence-electron chi connectivity index (χ2n) is 5.94. The number of thiophene rings is 1. The van der Waals surface area contributed by atoms with Gasteiger partial charge in [-0.2, -0.15) is 5.26 Å². The largest absolute Gasteiger partial charge is 0.478 e. The fourth-order valence-electron chi connectivity index (χ4n) is 2.60. The first-order valence-corrected chi connectivity index (χ1v) is 9.04. The lowest BCUT2D eigenvalue weighted by atomic mass is 9.95. The molecule has 6 heteroatoms. The summed E-state index contributed by atoms with van der Waals surface area (Å²) in [6.45, 7) is 6.21. The van der Waals surface area contributed by atoms with E-state index in [1.165, 1.54) is 16.9 Å². The number of carbonyl (C=O) groups excluding carboxylic acids is 1. The molecule has 5 nitrogen and oxygen atoms in total. The van der Waals surface area contributed by atoms with E-state index in [2.05, 4.69) is 37.4 Å². The van der Waals surface area contributed by atoms with Crippen molar-refractivity contribution < 1.29 is 14.7 Å². The number of nitriles is 1. The van der Waals surface area contributed by atoms with Crippen LogP contribution in [0.4, 0.5) is 5.00 Å². The Morgan fingerprint density at radius 2 is 1.96 bits per heavy atom. The number of carboxylic acid groups (broad SMARTS) is 1. The van der Waals surface area contributed by atoms with Gasteiger partial charge >= 0.3 is 5.97 Å². The number of anilines is 1. The molecule has 0 saturated carbocycles. The maximum Gasteiger partial charge on any atom is 0.328 e. The van der Waals surface area contributed by atoms with E-state index in [1.54, 1.807) is 0 Å². The fourth-order valence-corrected chi connectivity index (χ4v) is 3.63. The first kappa shape index (κ1) is 19.4. The molecule has 134 valence electrons. The lowest BCUT2D eigenvalue weighted by molar-refractivity contribution is -0.131. The van der Waals surface area contributed by atoms with Crippen molar-refractivity contribution in [3.05, 3.63) is 52.4 Å². The number of nitrogens with zero attached hydrogens (tertiary/aromatic N) is 1. The van der Waals surface area contributed by atoms with Crippen molar-refractivity contribution in [1.29, 1.82) is 5.26 Å². The molecule has 0 saturated heterocycles. The second-order valence-corrected chi connectivity index (χ2v) is 7.17.